The lowest BCUT2D eigenvalue weighted by Crippen LogP contribution is -2.23. The van der Waals surface area contributed by atoms with E-state index in [9.17, 15) is 47.9 Å². The van der Waals surface area contributed by atoms with Crippen LogP contribution in [0.4, 0.5) is 0 Å². The molecule has 0 N–H and O–H groups in total. The monoisotopic (exact) mass is 1710 g/mol. The van der Waals surface area contributed by atoms with Gasteiger partial charge < -0.3 is 33.2 Å². The molecule has 0 spiro atoms. The van der Waals surface area contributed by atoms with Gasteiger partial charge in [-0.05, 0) is 250 Å². The van der Waals surface area contributed by atoms with Crippen LogP contribution in [0.15, 0.2) is 158 Å². The highest BCUT2D eigenvalue weighted by atomic mass is 79.9. The largest absolute Gasteiger partial charge is 0.488 e. The summed E-state index contributed by atoms with van der Waals surface area (Å²) < 4.78 is 38.8. The first-order valence-corrected chi connectivity index (χ1v) is 41.7. The van der Waals surface area contributed by atoms with E-state index in [-0.39, 0.29) is 64.3 Å². The maximum atomic E-state index is 12.4. The highest BCUT2D eigenvalue weighted by molar-refractivity contribution is 9.10. The summed E-state index contributed by atoms with van der Waals surface area (Å²) >= 11 is 12.7. The molecule has 10 aromatic carbocycles. The zero-order chi connectivity index (χ0) is 81.4. The Morgan fingerprint density at radius 3 is 1.02 bits per heavy atom. The molecule has 1 atom stereocenters. The minimum Gasteiger partial charge on any atom is -0.488 e. The van der Waals surface area contributed by atoms with Crippen molar-refractivity contribution in [2.45, 2.75) is 142 Å². The van der Waals surface area contributed by atoms with Gasteiger partial charge in [0.2, 0.25) is 0 Å². The van der Waals surface area contributed by atoms with Crippen molar-refractivity contribution in [2.24, 2.45) is 0 Å². The Balaban J connectivity index is 0.000000110. The third-order valence-electron chi connectivity index (χ3n) is 22.9. The second-order valence-corrected chi connectivity index (χ2v) is 32.6. The van der Waals surface area contributed by atoms with Crippen molar-refractivity contribution in [3.63, 3.8) is 0 Å². The van der Waals surface area contributed by atoms with Crippen LogP contribution in [-0.4, -0.2) is 81.6 Å². The molecule has 5 aliphatic heterocycles. The molecule has 10 aromatic rings. The standard InChI is InChI=1S/C21H17BrO5.C21H18O5.C19H15BrO3.C19H16O2.C17H13ClO2/c1-11(23)26-10-19(24)13-2-4-15-14(6-13)9-27-20-8-16-12(7-17(15)20)3-5-18(22)21(16)25;1-12(22)25-11-20(24)14-5-6-16-15(7-14)10-26-21-9-17-13(8-18(16)21)3-2-4-19(17)23;20-9-18(22)12-4-5-14-13(6-12)10-23-19-8-15-11(7-16(14)19)2-1-3-17(15)21;1-2-12-6-7-15-14(8-12)11-21-19-10-16-13(9-17(15)19)4-3-5-18(16)20;18-12-4-5-13-11(6-12)9-20-17-8-14-10(7-15(13)17)2-1-3-16(14)19/h2,4,6-8,18H,3,5,9-10H2,1H3;5-9H,2-4,10-11H2,1H3;4-8H,1-3,9-10H2;2,6-10H,1,3-5,11H2;4-8H,1-3,9H2. The van der Waals surface area contributed by atoms with Gasteiger partial charge in [0.15, 0.2) is 59.5 Å². The number of hydrogen-bond donors (Lipinski definition) is 0. The molecule has 590 valence electrons. The third kappa shape index (κ3) is 16.6. The van der Waals surface area contributed by atoms with Crippen LogP contribution in [0.5, 0.6) is 28.7 Å². The van der Waals surface area contributed by atoms with Gasteiger partial charge in [-0.25, -0.2) is 0 Å². The summed E-state index contributed by atoms with van der Waals surface area (Å²) in [7, 11) is 0. The second-order valence-electron chi connectivity index (χ2n) is 30.4. The Labute approximate surface area is 697 Å². The SMILES string of the molecule is C=Cc1ccc2c(c1)COc1cc3c(cc1-2)CCCC3=O.CC(=O)OCC(=O)c1ccc2c(c1)COc1cc3c(cc1-2)CCC(Br)C3=O.CC(=O)OCC(=O)c1ccc2c(c1)COc1cc3c(cc1-2)CCCC3=O.O=C(CBr)c1ccc2c(c1)COc1cc3c(cc1-2)CCCC3=O.O=C1CCCc2cc3c(cc21)OCc1cc(Cl)ccc1-3. The van der Waals surface area contributed by atoms with Crippen molar-refractivity contribution in [1.29, 1.82) is 0 Å². The number of fused-ring (bicyclic) bond motifs is 20. The molecule has 0 saturated heterocycles. The van der Waals surface area contributed by atoms with Gasteiger partial charge in [-0.1, -0.05) is 111 Å². The molecule has 0 radical (unpaired) electrons. The lowest BCUT2D eigenvalue weighted by Gasteiger charge is -2.26. The number of aryl methyl sites for hydroxylation is 5. The van der Waals surface area contributed by atoms with Crippen molar-refractivity contribution in [1.82, 2.24) is 0 Å². The molecule has 5 aliphatic carbocycles. The molecular formula is C97H79Br2ClO17. The highest BCUT2D eigenvalue weighted by Crippen LogP contribution is 2.48. The molecule has 17 nitrogen and oxygen atoms in total. The minimum absolute atomic E-state index is 0.0645. The minimum atomic E-state index is -0.483. The number of esters is 2. The molecule has 5 heterocycles. The average Bonchev–Trinajstić information content (AvgIpc) is 0.774. The summed E-state index contributed by atoms with van der Waals surface area (Å²) in [5.74, 6) is 3.39. The number of carbonyl (C=O) groups is 10. The number of ether oxygens (including phenoxy) is 7. The number of ketones is 8. The fourth-order valence-electron chi connectivity index (χ4n) is 16.8. The zero-order valence-corrected chi connectivity index (χ0v) is 68.4. The predicted octanol–water partition coefficient (Wildman–Crippen LogP) is 20.6. The molecule has 1 unspecified atom stereocenters. The van der Waals surface area contributed by atoms with Gasteiger partial charge in [-0.2, -0.15) is 0 Å². The maximum Gasteiger partial charge on any atom is 0.303 e. The van der Waals surface area contributed by atoms with Crippen molar-refractivity contribution < 1.29 is 81.1 Å². The molecule has 20 heteroatoms. The fourth-order valence-corrected chi connectivity index (χ4v) is 17.8. The van der Waals surface area contributed by atoms with Gasteiger partial charge in [0.25, 0.3) is 0 Å². The number of halogens is 3. The summed E-state index contributed by atoms with van der Waals surface area (Å²) in [6.07, 6.45) is 13.4. The van der Waals surface area contributed by atoms with Crippen LogP contribution in [0.1, 0.15) is 216 Å². The van der Waals surface area contributed by atoms with Crippen LogP contribution >= 0.6 is 43.5 Å². The highest BCUT2D eigenvalue weighted by Gasteiger charge is 2.33. The van der Waals surface area contributed by atoms with Gasteiger partial charge in [0, 0.05) is 117 Å². The fraction of sp³-hybridized carbons (Fsp3) is 0.258. The molecule has 0 bridgehead atoms. The summed E-state index contributed by atoms with van der Waals surface area (Å²) in [5, 5.41) is 1.04. The van der Waals surface area contributed by atoms with E-state index in [1.165, 1.54) is 25.0 Å². The topological polar surface area (TPSA) is 235 Å². The van der Waals surface area contributed by atoms with E-state index in [2.05, 4.69) is 74.8 Å². The first kappa shape index (κ1) is 79.3. The number of carbonyl (C=O) groups excluding carboxylic acids is 10. The van der Waals surface area contributed by atoms with E-state index >= 15 is 0 Å². The molecule has 0 aromatic heterocycles. The molecule has 0 saturated carbocycles. The normalized spacial score (nSPS) is 15.7. The molecular weight excluding hydrogens is 1630 g/mol. The molecule has 0 fully saturated rings. The van der Waals surface area contributed by atoms with Crippen LogP contribution in [0, 0.1) is 0 Å². The van der Waals surface area contributed by atoms with Crippen LogP contribution in [-0.2, 0) is 84.2 Å². The Morgan fingerprint density at radius 1 is 0.368 bits per heavy atom. The van der Waals surface area contributed by atoms with Crippen LogP contribution < -0.4 is 23.7 Å². The molecule has 117 heavy (non-hydrogen) atoms. The van der Waals surface area contributed by atoms with Crippen LogP contribution in [0.3, 0.4) is 0 Å². The summed E-state index contributed by atoms with van der Waals surface area (Å²) in [6, 6.07) is 48.7. The zero-order valence-electron chi connectivity index (χ0n) is 64.4. The Morgan fingerprint density at radius 2 is 0.675 bits per heavy atom. The van der Waals surface area contributed by atoms with Gasteiger partial charge in [-0.15, -0.1) is 0 Å². The summed E-state index contributed by atoms with van der Waals surface area (Å²) in [6.45, 7) is 7.98. The molecule has 20 rings (SSSR count). The first-order valence-electron chi connectivity index (χ1n) is 39.3. The van der Waals surface area contributed by atoms with E-state index in [1.54, 1.807) is 24.3 Å². The number of hydrogen-bond acceptors (Lipinski definition) is 17. The van der Waals surface area contributed by atoms with E-state index in [1.807, 2.05) is 97.1 Å². The van der Waals surface area contributed by atoms with E-state index in [0.717, 1.165) is 220 Å². The van der Waals surface area contributed by atoms with Gasteiger partial charge in [-0.3, -0.25) is 47.9 Å². The summed E-state index contributed by atoms with van der Waals surface area (Å²) in [4.78, 5) is 118. The maximum absolute atomic E-state index is 12.4. The number of alkyl halides is 2. The van der Waals surface area contributed by atoms with E-state index < -0.39 is 11.9 Å². The predicted molar refractivity (Wildman–Crippen MR) is 451 cm³/mol. The Bertz CT molecular complexity index is 5930. The van der Waals surface area contributed by atoms with Crippen molar-refractivity contribution in [2.75, 3.05) is 18.5 Å². The smallest absolute Gasteiger partial charge is 0.303 e. The molecule has 0 amide bonds. The lowest BCUT2D eigenvalue weighted by atomic mass is 9.85. The van der Waals surface area contributed by atoms with Crippen molar-refractivity contribution >= 4 is 108 Å². The van der Waals surface area contributed by atoms with Gasteiger partial charge in [0.05, 0.1) is 10.2 Å². The van der Waals surface area contributed by atoms with E-state index in [4.69, 9.17) is 44.8 Å². The summed E-state index contributed by atoms with van der Waals surface area (Å²) in [5.41, 5.74) is 28.0. The Kier molecular flexibility index (Phi) is 23.0. The Hall–Kier alpha value is -11.5. The first-order chi connectivity index (χ1) is 56.6. The average molecular weight is 1710 g/mol. The van der Waals surface area contributed by atoms with Crippen LogP contribution in [0.25, 0.3) is 61.7 Å². The number of benzene rings is 10. The second kappa shape index (κ2) is 34.0. The van der Waals surface area contributed by atoms with Crippen LogP contribution in [0.2, 0.25) is 5.02 Å². The van der Waals surface area contributed by atoms with Gasteiger partial charge >= 0.3 is 11.9 Å². The quantitative estimate of drug-likeness (QED) is 0.0742. The number of Topliss-reactive ketones (excluding diaryl/α,β-unsaturated/α-hetero) is 8. The third-order valence-corrected chi connectivity index (χ3v) is 24.5. The van der Waals surface area contributed by atoms with E-state index in [0.29, 0.717) is 92.2 Å². The van der Waals surface area contributed by atoms with Crippen molar-refractivity contribution in [3.8, 4) is 84.4 Å². The van der Waals surface area contributed by atoms with Crippen molar-refractivity contribution in [3.05, 3.63) is 269 Å². The number of rotatable bonds is 9. The lowest BCUT2D eigenvalue weighted by molar-refractivity contribution is -0.140. The van der Waals surface area contributed by atoms with Gasteiger partial charge in [0.1, 0.15) is 61.8 Å². The molecule has 10 aliphatic rings.